The van der Waals surface area contributed by atoms with Crippen molar-refractivity contribution in [2.24, 2.45) is 0 Å². The second-order valence-corrected chi connectivity index (χ2v) is 3.95. The van der Waals surface area contributed by atoms with Crippen LogP contribution in [0.5, 0.6) is 0 Å². The second kappa shape index (κ2) is 5.51. The average Bonchev–Trinajstić information content (AvgIpc) is 2.22. The summed E-state index contributed by atoms with van der Waals surface area (Å²) in [7, 11) is 0. The summed E-state index contributed by atoms with van der Waals surface area (Å²) in [5, 5.41) is 19.9. The molecule has 3 N–H and O–H groups in total. The first-order valence-corrected chi connectivity index (χ1v) is 5.19. The molecule has 4 nitrogen and oxygen atoms in total. The Morgan fingerprint density at radius 1 is 1.38 bits per heavy atom. The number of carboxylic acid groups (broad SMARTS) is 1. The van der Waals surface area contributed by atoms with E-state index in [4.69, 9.17) is 10.2 Å². The average molecular weight is 223 g/mol. The smallest absolute Gasteiger partial charge is 0.404 e. The molecule has 88 valence electrons. The molecule has 0 aliphatic heterocycles. The Hall–Kier alpha value is -1.55. The third-order valence-corrected chi connectivity index (χ3v) is 2.60. The minimum Gasteiger partial charge on any atom is -0.465 e. The first kappa shape index (κ1) is 12.5. The molecule has 0 heterocycles. The van der Waals surface area contributed by atoms with Crippen LogP contribution in [-0.2, 0) is 6.42 Å². The predicted molar refractivity (Wildman–Crippen MR) is 61.7 cm³/mol. The molecule has 0 aromatic heterocycles. The maximum absolute atomic E-state index is 10.5. The topological polar surface area (TPSA) is 69.6 Å². The van der Waals surface area contributed by atoms with Crippen molar-refractivity contribution in [1.29, 1.82) is 0 Å². The number of benzene rings is 1. The van der Waals surface area contributed by atoms with Crippen LogP contribution in [0.4, 0.5) is 4.79 Å². The van der Waals surface area contributed by atoms with Crippen LogP contribution in [0, 0.1) is 13.8 Å². The highest BCUT2D eigenvalue weighted by atomic mass is 16.4. The van der Waals surface area contributed by atoms with Gasteiger partial charge in [0.1, 0.15) is 0 Å². The van der Waals surface area contributed by atoms with Gasteiger partial charge in [0.25, 0.3) is 0 Å². The highest BCUT2D eigenvalue weighted by molar-refractivity contribution is 5.64. The van der Waals surface area contributed by atoms with Crippen molar-refractivity contribution in [2.75, 3.05) is 6.61 Å². The predicted octanol–water partition coefficient (Wildman–Crippen LogP) is 1.47. The summed E-state index contributed by atoms with van der Waals surface area (Å²) in [5.74, 6) is 0. The van der Waals surface area contributed by atoms with Crippen LogP contribution < -0.4 is 5.32 Å². The molecule has 0 saturated heterocycles. The van der Waals surface area contributed by atoms with E-state index in [2.05, 4.69) is 5.32 Å². The van der Waals surface area contributed by atoms with E-state index in [1.807, 2.05) is 32.0 Å². The van der Waals surface area contributed by atoms with E-state index in [1.54, 1.807) is 0 Å². The number of carbonyl (C=O) groups is 1. The lowest BCUT2D eigenvalue weighted by Crippen LogP contribution is -2.38. The van der Waals surface area contributed by atoms with E-state index in [-0.39, 0.29) is 6.61 Å². The number of hydrogen-bond acceptors (Lipinski definition) is 2. The standard InChI is InChI=1S/C12H17NO3/c1-8-3-4-10(5-9(8)2)6-11(7-14)13-12(15)16/h3-5,11,13-14H,6-7H2,1-2H3,(H,15,16). The van der Waals surface area contributed by atoms with E-state index >= 15 is 0 Å². The fraction of sp³-hybridized carbons (Fsp3) is 0.417. The highest BCUT2D eigenvalue weighted by Gasteiger charge is 2.11. The minimum atomic E-state index is -1.11. The zero-order valence-corrected chi connectivity index (χ0v) is 9.53. The van der Waals surface area contributed by atoms with Crippen LogP contribution in [0.1, 0.15) is 16.7 Å². The van der Waals surface area contributed by atoms with Gasteiger partial charge in [0.2, 0.25) is 0 Å². The Labute approximate surface area is 94.9 Å². The van der Waals surface area contributed by atoms with Crippen LogP contribution >= 0.6 is 0 Å². The van der Waals surface area contributed by atoms with Crippen molar-refractivity contribution in [1.82, 2.24) is 5.32 Å². The molecule has 1 unspecified atom stereocenters. The Kier molecular flexibility index (Phi) is 4.31. The SMILES string of the molecule is Cc1ccc(CC(CO)NC(=O)O)cc1C. The first-order valence-electron chi connectivity index (χ1n) is 5.19. The van der Waals surface area contributed by atoms with E-state index in [1.165, 1.54) is 11.1 Å². The summed E-state index contributed by atoms with van der Waals surface area (Å²) in [4.78, 5) is 10.5. The van der Waals surface area contributed by atoms with E-state index < -0.39 is 12.1 Å². The van der Waals surface area contributed by atoms with Gasteiger partial charge in [-0.2, -0.15) is 0 Å². The number of aliphatic hydroxyl groups is 1. The van der Waals surface area contributed by atoms with Crippen molar-refractivity contribution >= 4 is 6.09 Å². The van der Waals surface area contributed by atoms with Crippen molar-refractivity contribution in [2.45, 2.75) is 26.3 Å². The van der Waals surface area contributed by atoms with Gasteiger partial charge in [-0.3, -0.25) is 0 Å². The molecule has 1 amide bonds. The Balaban J connectivity index is 2.70. The van der Waals surface area contributed by atoms with Crippen molar-refractivity contribution in [3.8, 4) is 0 Å². The summed E-state index contributed by atoms with van der Waals surface area (Å²) in [6.45, 7) is 3.84. The second-order valence-electron chi connectivity index (χ2n) is 3.95. The van der Waals surface area contributed by atoms with Gasteiger partial charge in [-0.25, -0.2) is 4.79 Å². The lowest BCUT2D eigenvalue weighted by molar-refractivity contribution is 0.177. The van der Waals surface area contributed by atoms with Crippen LogP contribution in [0.3, 0.4) is 0 Å². The zero-order valence-electron chi connectivity index (χ0n) is 9.53. The summed E-state index contributed by atoms with van der Waals surface area (Å²) >= 11 is 0. The lowest BCUT2D eigenvalue weighted by Gasteiger charge is -2.14. The van der Waals surface area contributed by atoms with Gasteiger partial charge in [0.05, 0.1) is 12.6 Å². The third kappa shape index (κ3) is 3.55. The molecule has 4 heteroatoms. The molecule has 1 aromatic carbocycles. The number of nitrogens with one attached hydrogen (secondary N) is 1. The van der Waals surface area contributed by atoms with Crippen molar-refractivity contribution in [3.05, 3.63) is 34.9 Å². The molecule has 16 heavy (non-hydrogen) atoms. The van der Waals surface area contributed by atoms with Gasteiger partial charge in [-0.05, 0) is 37.0 Å². The summed E-state index contributed by atoms with van der Waals surface area (Å²) in [6, 6.07) is 5.52. The number of aliphatic hydroxyl groups excluding tert-OH is 1. The van der Waals surface area contributed by atoms with E-state index in [0.29, 0.717) is 6.42 Å². The Morgan fingerprint density at radius 3 is 2.56 bits per heavy atom. The molecule has 1 rings (SSSR count). The van der Waals surface area contributed by atoms with Crippen molar-refractivity contribution in [3.63, 3.8) is 0 Å². The number of hydrogen-bond donors (Lipinski definition) is 3. The minimum absolute atomic E-state index is 0.195. The summed E-state index contributed by atoms with van der Waals surface area (Å²) in [6.07, 6.45) is -0.605. The Morgan fingerprint density at radius 2 is 2.06 bits per heavy atom. The van der Waals surface area contributed by atoms with E-state index in [9.17, 15) is 4.79 Å². The Bertz CT molecular complexity index is 377. The molecule has 0 aliphatic rings. The first-order chi connectivity index (χ1) is 7.52. The van der Waals surface area contributed by atoms with Crippen molar-refractivity contribution < 1.29 is 15.0 Å². The van der Waals surface area contributed by atoms with Crippen LogP contribution in [0.2, 0.25) is 0 Å². The number of rotatable bonds is 4. The largest absolute Gasteiger partial charge is 0.465 e. The third-order valence-electron chi connectivity index (χ3n) is 2.60. The van der Waals surface area contributed by atoms with Crippen LogP contribution in [0.25, 0.3) is 0 Å². The fourth-order valence-corrected chi connectivity index (χ4v) is 1.55. The summed E-state index contributed by atoms with van der Waals surface area (Å²) in [5.41, 5.74) is 3.40. The summed E-state index contributed by atoms with van der Waals surface area (Å²) < 4.78 is 0. The molecular formula is C12H17NO3. The van der Waals surface area contributed by atoms with Crippen LogP contribution in [0.15, 0.2) is 18.2 Å². The van der Waals surface area contributed by atoms with Gasteiger partial charge in [-0.15, -0.1) is 0 Å². The van der Waals surface area contributed by atoms with Crippen LogP contribution in [-0.4, -0.2) is 29.0 Å². The quantitative estimate of drug-likeness (QED) is 0.724. The lowest BCUT2D eigenvalue weighted by atomic mass is 10.0. The van der Waals surface area contributed by atoms with Gasteiger partial charge >= 0.3 is 6.09 Å². The molecule has 0 bridgehead atoms. The molecule has 0 radical (unpaired) electrons. The van der Waals surface area contributed by atoms with Gasteiger partial charge < -0.3 is 15.5 Å². The molecule has 0 spiro atoms. The molecular weight excluding hydrogens is 206 g/mol. The monoisotopic (exact) mass is 223 g/mol. The van der Waals surface area contributed by atoms with Gasteiger partial charge in [0, 0.05) is 0 Å². The fourth-order valence-electron chi connectivity index (χ4n) is 1.55. The molecule has 0 fully saturated rings. The number of aryl methyl sites for hydroxylation is 2. The zero-order chi connectivity index (χ0) is 12.1. The molecule has 1 atom stereocenters. The maximum Gasteiger partial charge on any atom is 0.404 e. The molecule has 1 aromatic rings. The molecule has 0 saturated carbocycles. The maximum atomic E-state index is 10.5. The van der Waals surface area contributed by atoms with Gasteiger partial charge in [-0.1, -0.05) is 18.2 Å². The number of amides is 1. The molecule has 0 aliphatic carbocycles. The highest BCUT2D eigenvalue weighted by Crippen LogP contribution is 2.11. The van der Waals surface area contributed by atoms with Gasteiger partial charge in [0.15, 0.2) is 0 Å². The normalized spacial score (nSPS) is 12.2. The van der Waals surface area contributed by atoms with E-state index in [0.717, 1.165) is 5.56 Å².